The van der Waals surface area contributed by atoms with Crippen LogP contribution in [0.4, 0.5) is 4.39 Å². The first kappa shape index (κ1) is 17.5. The normalized spacial score (nSPS) is 30.7. The standard InChI is InChI=1S/C20H26FN3O2/c21-16-4-2-1-3-13(16)12-17(25)23-7-9-24(10-8-23)20(26)18-14-5-6-15(11-14)19(18)22/h1-4,14-15,18-19H,5-12,22H2. The molecule has 0 aromatic heterocycles. The molecule has 5 nitrogen and oxygen atoms in total. The molecular weight excluding hydrogens is 333 g/mol. The molecule has 2 aliphatic carbocycles. The van der Waals surface area contributed by atoms with Crippen LogP contribution in [0.15, 0.2) is 24.3 Å². The van der Waals surface area contributed by atoms with E-state index in [0.717, 1.165) is 19.3 Å². The average molecular weight is 359 g/mol. The third-order valence-electron chi connectivity index (χ3n) is 6.51. The van der Waals surface area contributed by atoms with Gasteiger partial charge in [-0.15, -0.1) is 0 Å². The van der Waals surface area contributed by atoms with Crippen LogP contribution in [0.1, 0.15) is 24.8 Å². The fourth-order valence-electron chi connectivity index (χ4n) is 5.01. The fourth-order valence-corrected chi connectivity index (χ4v) is 5.01. The zero-order valence-corrected chi connectivity index (χ0v) is 14.9. The van der Waals surface area contributed by atoms with Crippen LogP contribution < -0.4 is 5.73 Å². The number of hydrogen-bond acceptors (Lipinski definition) is 3. The van der Waals surface area contributed by atoms with Gasteiger partial charge in [0.2, 0.25) is 11.8 Å². The summed E-state index contributed by atoms with van der Waals surface area (Å²) in [7, 11) is 0. The molecule has 1 aromatic rings. The van der Waals surface area contributed by atoms with Crippen molar-refractivity contribution >= 4 is 11.8 Å². The van der Waals surface area contributed by atoms with Crippen LogP contribution in [0, 0.1) is 23.6 Å². The van der Waals surface area contributed by atoms with Gasteiger partial charge in [0, 0.05) is 32.2 Å². The van der Waals surface area contributed by atoms with Crippen LogP contribution >= 0.6 is 0 Å². The van der Waals surface area contributed by atoms with Crippen LogP contribution in [-0.4, -0.2) is 53.8 Å². The molecule has 2 N–H and O–H groups in total. The molecule has 4 unspecified atom stereocenters. The third kappa shape index (κ3) is 3.11. The first-order valence-corrected chi connectivity index (χ1v) is 9.60. The molecule has 0 spiro atoms. The van der Waals surface area contributed by atoms with Crippen molar-refractivity contribution in [1.29, 1.82) is 0 Å². The van der Waals surface area contributed by atoms with Crippen LogP contribution in [0.25, 0.3) is 0 Å². The summed E-state index contributed by atoms with van der Waals surface area (Å²) >= 11 is 0. The minimum Gasteiger partial charge on any atom is -0.339 e. The summed E-state index contributed by atoms with van der Waals surface area (Å²) in [6, 6.07) is 6.37. The van der Waals surface area contributed by atoms with Gasteiger partial charge in [-0.3, -0.25) is 9.59 Å². The minimum atomic E-state index is -0.347. The van der Waals surface area contributed by atoms with E-state index in [2.05, 4.69) is 0 Å². The largest absolute Gasteiger partial charge is 0.339 e. The highest BCUT2D eigenvalue weighted by molar-refractivity contribution is 5.82. The Morgan fingerprint density at radius 1 is 1.04 bits per heavy atom. The summed E-state index contributed by atoms with van der Waals surface area (Å²) in [5.74, 6) is 0.667. The van der Waals surface area contributed by atoms with Gasteiger partial charge in [0.05, 0.1) is 12.3 Å². The Balaban J connectivity index is 1.32. The van der Waals surface area contributed by atoms with Gasteiger partial charge < -0.3 is 15.5 Å². The van der Waals surface area contributed by atoms with E-state index in [-0.39, 0.29) is 36.0 Å². The Morgan fingerprint density at radius 3 is 2.35 bits per heavy atom. The summed E-state index contributed by atoms with van der Waals surface area (Å²) in [5.41, 5.74) is 6.72. The summed E-state index contributed by atoms with van der Waals surface area (Å²) in [6.45, 7) is 2.11. The van der Waals surface area contributed by atoms with Crippen LogP contribution in [0.2, 0.25) is 0 Å². The lowest BCUT2D eigenvalue weighted by Gasteiger charge is -2.38. The van der Waals surface area contributed by atoms with E-state index in [0.29, 0.717) is 43.6 Å². The monoisotopic (exact) mass is 359 g/mol. The van der Waals surface area contributed by atoms with Crippen molar-refractivity contribution in [3.63, 3.8) is 0 Å². The molecule has 2 bridgehead atoms. The Kier molecular flexibility index (Phi) is 4.69. The number of fused-ring (bicyclic) bond motifs is 2. The third-order valence-corrected chi connectivity index (χ3v) is 6.51. The predicted molar refractivity (Wildman–Crippen MR) is 95.6 cm³/mol. The predicted octanol–water partition coefficient (Wildman–Crippen LogP) is 1.41. The molecule has 1 aromatic carbocycles. The van der Waals surface area contributed by atoms with Crippen LogP contribution in [0.3, 0.4) is 0 Å². The van der Waals surface area contributed by atoms with Gasteiger partial charge in [-0.25, -0.2) is 4.39 Å². The number of halogens is 1. The van der Waals surface area contributed by atoms with Crippen molar-refractivity contribution in [2.45, 2.75) is 31.7 Å². The van der Waals surface area contributed by atoms with E-state index < -0.39 is 0 Å². The Morgan fingerprint density at radius 2 is 1.69 bits per heavy atom. The maximum absolute atomic E-state index is 13.7. The molecule has 2 saturated carbocycles. The molecule has 4 atom stereocenters. The maximum Gasteiger partial charge on any atom is 0.227 e. The van der Waals surface area contributed by atoms with Crippen molar-refractivity contribution < 1.29 is 14.0 Å². The van der Waals surface area contributed by atoms with Gasteiger partial charge in [0.25, 0.3) is 0 Å². The molecule has 6 heteroatoms. The smallest absolute Gasteiger partial charge is 0.227 e. The first-order chi connectivity index (χ1) is 12.5. The fraction of sp³-hybridized carbons (Fsp3) is 0.600. The van der Waals surface area contributed by atoms with Gasteiger partial charge in [0.1, 0.15) is 5.82 Å². The topological polar surface area (TPSA) is 66.6 Å². The van der Waals surface area contributed by atoms with E-state index in [1.54, 1.807) is 23.1 Å². The van der Waals surface area contributed by atoms with Crippen molar-refractivity contribution in [3.8, 4) is 0 Å². The minimum absolute atomic E-state index is 0.00182. The molecule has 2 amide bonds. The Bertz CT molecular complexity index is 700. The Hall–Kier alpha value is -1.95. The lowest BCUT2D eigenvalue weighted by Crippen LogP contribution is -2.55. The zero-order valence-electron chi connectivity index (χ0n) is 14.9. The van der Waals surface area contributed by atoms with Crippen LogP contribution in [0.5, 0.6) is 0 Å². The second-order valence-corrected chi connectivity index (χ2v) is 7.91. The summed E-state index contributed by atoms with van der Waals surface area (Å²) in [6.07, 6.45) is 3.44. The second-order valence-electron chi connectivity index (χ2n) is 7.91. The zero-order chi connectivity index (χ0) is 18.3. The van der Waals surface area contributed by atoms with Gasteiger partial charge in [0.15, 0.2) is 0 Å². The van der Waals surface area contributed by atoms with E-state index in [1.807, 2.05) is 4.90 Å². The van der Waals surface area contributed by atoms with Crippen LogP contribution in [-0.2, 0) is 16.0 Å². The summed E-state index contributed by atoms with van der Waals surface area (Å²) in [4.78, 5) is 29.0. The average Bonchev–Trinajstić information content (AvgIpc) is 3.24. The number of benzene rings is 1. The molecule has 3 fully saturated rings. The molecule has 1 heterocycles. The quantitative estimate of drug-likeness (QED) is 0.887. The number of carbonyl (C=O) groups is 2. The number of amides is 2. The van der Waals surface area contributed by atoms with E-state index in [9.17, 15) is 14.0 Å². The second kappa shape index (κ2) is 6.99. The molecule has 1 saturated heterocycles. The van der Waals surface area contributed by atoms with Gasteiger partial charge in [-0.2, -0.15) is 0 Å². The van der Waals surface area contributed by atoms with Gasteiger partial charge in [-0.1, -0.05) is 18.2 Å². The molecule has 0 radical (unpaired) electrons. The maximum atomic E-state index is 13.7. The summed E-state index contributed by atoms with van der Waals surface area (Å²) in [5, 5.41) is 0. The first-order valence-electron chi connectivity index (χ1n) is 9.60. The molecule has 3 aliphatic rings. The number of rotatable bonds is 3. The SMILES string of the molecule is NC1C2CCC(C2)C1C(=O)N1CCN(C(=O)Cc2ccccc2F)CC1. The van der Waals surface area contributed by atoms with E-state index in [1.165, 1.54) is 6.07 Å². The summed E-state index contributed by atoms with van der Waals surface area (Å²) < 4.78 is 13.7. The molecule has 1 aliphatic heterocycles. The molecule has 26 heavy (non-hydrogen) atoms. The van der Waals surface area contributed by atoms with Crippen molar-refractivity contribution in [2.24, 2.45) is 23.5 Å². The lowest BCUT2D eigenvalue weighted by molar-refractivity contribution is -0.143. The number of carbonyl (C=O) groups excluding carboxylic acids is 2. The Labute approximate surface area is 153 Å². The van der Waals surface area contributed by atoms with E-state index >= 15 is 0 Å². The number of nitrogens with zero attached hydrogens (tertiary/aromatic N) is 2. The van der Waals surface area contributed by atoms with Crippen molar-refractivity contribution in [1.82, 2.24) is 9.80 Å². The van der Waals surface area contributed by atoms with Gasteiger partial charge >= 0.3 is 0 Å². The highest BCUT2D eigenvalue weighted by Crippen LogP contribution is 2.48. The van der Waals surface area contributed by atoms with Crippen molar-refractivity contribution in [3.05, 3.63) is 35.6 Å². The van der Waals surface area contributed by atoms with Crippen molar-refractivity contribution in [2.75, 3.05) is 26.2 Å². The highest BCUT2D eigenvalue weighted by Gasteiger charge is 2.50. The molecule has 140 valence electrons. The molecular formula is C20H26FN3O2. The highest BCUT2D eigenvalue weighted by atomic mass is 19.1. The van der Waals surface area contributed by atoms with Gasteiger partial charge in [-0.05, 0) is 42.7 Å². The number of nitrogens with two attached hydrogens (primary N) is 1. The lowest BCUT2D eigenvalue weighted by atomic mass is 9.84. The molecule has 4 rings (SSSR count). The number of piperazine rings is 1. The number of hydrogen-bond donors (Lipinski definition) is 1. The van der Waals surface area contributed by atoms with E-state index in [4.69, 9.17) is 5.73 Å².